The lowest BCUT2D eigenvalue weighted by atomic mass is 10.3. The molecule has 0 aliphatic carbocycles. The summed E-state index contributed by atoms with van der Waals surface area (Å²) in [6.45, 7) is 1.87. The largest absolute Gasteiger partial charge is 0.363 e. The molecule has 0 fully saturated rings. The number of hydrogen-bond acceptors (Lipinski definition) is 7. The number of nitrogens with one attached hydrogen (secondary N) is 2. The number of thioether (sulfide) groups is 1. The normalized spacial score (nSPS) is 11.8. The molecule has 134 valence electrons. The van der Waals surface area contributed by atoms with Crippen molar-refractivity contribution in [1.82, 2.24) is 10.2 Å². The summed E-state index contributed by atoms with van der Waals surface area (Å²) in [6, 6.07) is 17.9. The maximum Gasteiger partial charge on any atom is 0.237 e. The number of anilines is 2. The molecule has 1 aromatic heterocycles. The topological polar surface area (TPSA) is 66.9 Å². The fourth-order valence-corrected chi connectivity index (χ4v) is 4.84. The second-order valence-electron chi connectivity index (χ2n) is 5.28. The summed E-state index contributed by atoms with van der Waals surface area (Å²) in [7, 11) is 1.80. The molecule has 5 nitrogen and oxygen atoms in total. The van der Waals surface area contributed by atoms with Crippen LogP contribution in [0.15, 0.2) is 68.7 Å². The Bertz CT molecular complexity index is 870. The first-order valence-corrected chi connectivity index (χ1v) is 10.5. The number of aromatic nitrogens is 2. The number of amides is 1. The molecule has 1 amide bonds. The van der Waals surface area contributed by atoms with Gasteiger partial charge in [0.1, 0.15) is 0 Å². The Morgan fingerprint density at radius 2 is 1.81 bits per heavy atom. The maximum atomic E-state index is 12.6. The lowest BCUT2D eigenvalue weighted by Gasteiger charge is -2.13. The molecule has 26 heavy (non-hydrogen) atoms. The second kappa shape index (κ2) is 9.07. The monoisotopic (exact) mass is 402 g/mol. The molecule has 0 spiro atoms. The average molecular weight is 403 g/mol. The first-order valence-electron chi connectivity index (χ1n) is 7.96. The summed E-state index contributed by atoms with van der Waals surface area (Å²) in [5.41, 5.74) is 0.812. The highest BCUT2D eigenvalue weighted by atomic mass is 32.2. The van der Waals surface area contributed by atoms with Crippen LogP contribution in [-0.4, -0.2) is 28.4 Å². The molecule has 3 aromatic rings. The van der Waals surface area contributed by atoms with Crippen molar-refractivity contribution in [2.45, 2.75) is 26.3 Å². The van der Waals surface area contributed by atoms with Crippen molar-refractivity contribution in [3.05, 3.63) is 54.6 Å². The van der Waals surface area contributed by atoms with Crippen LogP contribution in [0.1, 0.15) is 6.92 Å². The summed E-state index contributed by atoms with van der Waals surface area (Å²) in [4.78, 5) is 14.7. The van der Waals surface area contributed by atoms with Crippen molar-refractivity contribution in [2.75, 3.05) is 17.7 Å². The zero-order chi connectivity index (χ0) is 18.4. The van der Waals surface area contributed by atoms with E-state index in [9.17, 15) is 4.79 Å². The third-order valence-electron chi connectivity index (χ3n) is 3.38. The number of carbonyl (C=O) groups excluding carboxylic acids is 1. The van der Waals surface area contributed by atoms with E-state index in [1.807, 2.05) is 49.4 Å². The number of nitrogens with zero attached hydrogens (tertiary/aromatic N) is 2. The van der Waals surface area contributed by atoms with E-state index in [2.05, 4.69) is 33.0 Å². The molecule has 8 heteroatoms. The van der Waals surface area contributed by atoms with Crippen molar-refractivity contribution >= 4 is 51.6 Å². The molecule has 1 atom stereocenters. The van der Waals surface area contributed by atoms with Crippen LogP contribution < -0.4 is 10.6 Å². The first-order chi connectivity index (χ1) is 12.7. The number of rotatable bonds is 7. The van der Waals surface area contributed by atoms with Gasteiger partial charge in [-0.3, -0.25) is 4.79 Å². The van der Waals surface area contributed by atoms with Gasteiger partial charge in [-0.05, 0) is 31.2 Å². The number of hydrogen-bond donors (Lipinski definition) is 2. The summed E-state index contributed by atoms with van der Waals surface area (Å²) < 4.78 is 0.768. The minimum absolute atomic E-state index is 0.0580. The van der Waals surface area contributed by atoms with Crippen LogP contribution in [-0.2, 0) is 4.79 Å². The van der Waals surface area contributed by atoms with E-state index >= 15 is 0 Å². The van der Waals surface area contributed by atoms with Crippen LogP contribution in [0.4, 0.5) is 10.8 Å². The van der Waals surface area contributed by atoms with Crippen LogP contribution in [0.25, 0.3) is 0 Å². The van der Waals surface area contributed by atoms with Crippen molar-refractivity contribution in [3.8, 4) is 0 Å². The molecule has 0 aliphatic rings. The highest BCUT2D eigenvalue weighted by molar-refractivity contribution is 8.02. The summed E-state index contributed by atoms with van der Waals surface area (Å²) in [5, 5.41) is 14.5. The van der Waals surface area contributed by atoms with Gasteiger partial charge in [-0.15, -0.1) is 10.2 Å². The third-order valence-corrected chi connectivity index (χ3v) is 6.59. The molecule has 0 aliphatic heterocycles. The molecule has 1 heterocycles. The van der Waals surface area contributed by atoms with Gasteiger partial charge in [-0.25, -0.2) is 0 Å². The minimum atomic E-state index is -0.276. The Morgan fingerprint density at radius 3 is 2.54 bits per heavy atom. The van der Waals surface area contributed by atoms with Crippen molar-refractivity contribution in [1.29, 1.82) is 0 Å². The molecule has 0 radical (unpaired) electrons. The van der Waals surface area contributed by atoms with Crippen LogP contribution in [0.5, 0.6) is 0 Å². The van der Waals surface area contributed by atoms with Gasteiger partial charge in [0.05, 0.1) is 10.9 Å². The molecular formula is C18H18N4OS3. The minimum Gasteiger partial charge on any atom is -0.363 e. The fourth-order valence-electron chi connectivity index (χ4n) is 2.07. The van der Waals surface area contributed by atoms with Crippen LogP contribution in [0, 0.1) is 0 Å². The lowest BCUT2D eigenvalue weighted by molar-refractivity contribution is -0.115. The quantitative estimate of drug-likeness (QED) is 0.551. The highest BCUT2D eigenvalue weighted by Crippen LogP contribution is 2.34. The maximum absolute atomic E-state index is 12.6. The molecule has 0 bridgehead atoms. The van der Waals surface area contributed by atoms with Gasteiger partial charge in [-0.2, -0.15) is 0 Å². The molecule has 0 saturated heterocycles. The second-order valence-corrected chi connectivity index (χ2v) is 8.96. The highest BCUT2D eigenvalue weighted by Gasteiger charge is 2.18. The Morgan fingerprint density at radius 1 is 1.08 bits per heavy atom. The Balaban J connectivity index is 1.67. The van der Waals surface area contributed by atoms with Gasteiger partial charge in [0.15, 0.2) is 4.34 Å². The molecule has 3 rings (SSSR count). The van der Waals surface area contributed by atoms with Gasteiger partial charge >= 0.3 is 0 Å². The third kappa shape index (κ3) is 5.00. The number of carbonyl (C=O) groups is 1. The molecule has 0 saturated carbocycles. The average Bonchev–Trinajstić information content (AvgIpc) is 3.11. The van der Waals surface area contributed by atoms with E-state index in [0.717, 1.165) is 24.9 Å². The summed E-state index contributed by atoms with van der Waals surface area (Å²) in [5.74, 6) is -0.0580. The van der Waals surface area contributed by atoms with Crippen LogP contribution in [0.3, 0.4) is 0 Å². The molecular weight excluding hydrogens is 384 g/mol. The Hall–Kier alpha value is -2.03. The lowest BCUT2D eigenvalue weighted by Crippen LogP contribution is -2.22. The van der Waals surface area contributed by atoms with E-state index in [1.165, 1.54) is 23.1 Å². The first kappa shape index (κ1) is 18.8. The molecule has 1 unspecified atom stereocenters. The van der Waals surface area contributed by atoms with E-state index in [-0.39, 0.29) is 11.2 Å². The van der Waals surface area contributed by atoms with Gasteiger partial charge in [0.25, 0.3) is 0 Å². The zero-order valence-corrected chi connectivity index (χ0v) is 16.8. The molecule has 2 N–H and O–H groups in total. The number of para-hydroxylation sites is 1. The smallest absolute Gasteiger partial charge is 0.237 e. The zero-order valence-electron chi connectivity index (χ0n) is 14.3. The van der Waals surface area contributed by atoms with Crippen molar-refractivity contribution < 1.29 is 4.79 Å². The summed E-state index contributed by atoms with van der Waals surface area (Å²) >= 11 is 4.47. The van der Waals surface area contributed by atoms with Gasteiger partial charge < -0.3 is 10.6 Å². The predicted molar refractivity (Wildman–Crippen MR) is 110 cm³/mol. The van der Waals surface area contributed by atoms with Gasteiger partial charge in [0, 0.05) is 16.8 Å². The van der Waals surface area contributed by atoms with Crippen molar-refractivity contribution in [2.24, 2.45) is 0 Å². The fraction of sp³-hybridized carbons (Fsp3) is 0.167. The van der Waals surface area contributed by atoms with Gasteiger partial charge in [-0.1, -0.05) is 65.2 Å². The Kier molecular flexibility index (Phi) is 6.54. The van der Waals surface area contributed by atoms with E-state index in [4.69, 9.17) is 0 Å². The van der Waals surface area contributed by atoms with Crippen LogP contribution >= 0.6 is 34.9 Å². The SMILES string of the molecule is CNc1nnc(SC(C)C(=O)Nc2ccccc2Sc2ccccc2)s1. The van der Waals surface area contributed by atoms with E-state index in [1.54, 1.807) is 18.8 Å². The Labute approximate surface area is 165 Å². The van der Waals surface area contributed by atoms with Gasteiger partial charge in [0.2, 0.25) is 11.0 Å². The molecule has 2 aromatic carbocycles. The summed E-state index contributed by atoms with van der Waals surface area (Å²) in [6.07, 6.45) is 0. The number of benzene rings is 2. The van der Waals surface area contributed by atoms with E-state index < -0.39 is 0 Å². The standard InChI is InChI=1S/C18H18N4OS3/c1-12(24-18-22-21-17(19-2)26-18)16(23)20-14-10-6-7-11-15(14)25-13-8-4-3-5-9-13/h3-12H,1-2H3,(H,19,21)(H,20,23). The van der Waals surface area contributed by atoms with Crippen LogP contribution in [0.2, 0.25) is 0 Å². The van der Waals surface area contributed by atoms with Crippen molar-refractivity contribution in [3.63, 3.8) is 0 Å². The predicted octanol–water partition coefficient (Wildman–Crippen LogP) is 4.85. The van der Waals surface area contributed by atoms with E-state index in [0.29, 0.717) is 0 Å².